The highest BCUT2D eigenvalue weighted by molar-refractivity contribution is 6.35. The number of hydrogen-bond acceptors (Lipinski definition) is 6. The van der Waals surface area contributed by atoms with E-state index in [1.807, 2.05) is 0 Å². The maximum atomic E-state index is 13.1. The number of pyridine rings is 2. The minimum atomic E-state index is -0.476. The monoisotopic (exact) mass is 389 g/mol. The summed E-state index contributed by atoms with van der Waals surface area (Å²) < 4.78 is 6.67. The van der Waals surface area contributed by atoms with E-state index in [1.54, 1.807) is 49.5 Å². The van der Waals surface area contributed by atoms with Gasteiger partial charge in [-0.2, -0.15) is 0 Å². The number of ether oxygens (including phenoxy) is 1. The summed E-state index contributed by atoms with van der Waals surface area (Å²) in [6, 6.07) is 4.69. The standard InChI is InChI=1S/C19H20ClN3O4/c1-5-27-14(25)9-23-17-15(13(24)8-12(20)16(17)22(3)4)18(26)11-7-6-10(2)21-19(11)23/h6-8,24H,5,9H2,1-4H3. The van der Waals surface area contributed by atoms with Gasteiger partial charge in [-0.25, -0.2) is 4.98 Å². The number of phenolic OH excluding ortho intramolecular Hbond substituents is 1. The first-order valence-electron chi connectivity index (χ1n) is 8.44. The Balaban J connectivity index is 2.58. The number of phenols is 1. The van der Waals surface area contributed by atoms with Crippen LogP contribution in [0, 0.1) is 6.92 Å². The molecule has 7 nitrogen and oxygen atoms in total. The van der Waals surface area contributed by atoms with Crippen molar-refractivity contribution in [1.82, 2.24) is 9.55 Å². The van der Waals surface area contributed by atoms with Crippen LogP contribution in [0.3, 0.4) is 0 Å². The van der Waals surface area contributed by atoms with Gasteiger partial charge in [-0.3, -0.25) is 9.59 Å². The molecule has 0 bridgehead atoms. The fourth-order valence-electron chi connectivity index (χ4n) is 3.18. The SMILES string of the molecule is CCOC(=O)Cn1c2nc(C)ccc2c(=O)c2c(O)cc(Cl)c(N(C)C)c21. The molecule has 0 atom stereocenters. The van der Waals surface area contributed by atoms with Gasteiger partial charge in [0.2, 0.25) is 5.43 Å². The van der Waals surface area contributed by atoms with Crippen LogP contribution in [-0.2, 0) is 16.1 Å². The Bertz CT molecular complexity index is 1120. The highest BCUT2D eigenvalue weighted by Crippen LogP contribution is 2.38. The Morgan fingerprint density at radius 3 is 2.70 bits per heavy atom. The highest BCUT2D eigenvalue weighted by atomic mass is 35.5. The highest BCUT2D eigenvalue weighted by Gasteiger charge is 2.23. The molecule has 3 aromatic rings. The number of benzene rings is 1. The Hall–Kier alpha value is -2.80. The first kappa shape index (κ1) is 19.0. The molecule has 1 N–H and O–H groups in total. The van der Waals surface area contributed by atoms with Crippen LogP contribution in [0.1, 0.15) is 12.6 Å². The summed E-state index contributed by atoms with van der Waals surface area (Å²) in [7, 11) is 3.54. The van der Waals surface area contributed by atoms with Crippen LogP contribution in [0.4, 0.5) is 5.69 Å². The van der Waals surface area contributed by atoms with Crippen molar-refractivity contribution in [3.8, 4) is 5.75 Å². The number of carbonyl (C=O) groups excluding carboxylic acids is 1. The Labute approximate surface area is 160 Å². The molecule has 0 aliphatic rings. The third-order valence-electron chi connectivity index (χ3n) is 4.26. The van der Waals surface area contributed by atoms with Crippen LogP contribution < -0.4 is 10.3 Å². The van der Waals surface area contributed by atoms with Crippen LogP contribution in [0.15, 0.2) is 23.0 Å². The number of aromatic hydroxyl groups is 1. The number of aryl methyl sites for hydroxylation is 1. The lowest BCUT2D eigenvalue weighted by Crippen LogP contribution is -2.21. The van der Waals surface area contributed by atoms with Gasteiger partial charge in [0.15, 0.2) is 0 Å². The molecule has 0 saturated heterocycles. The average Bonchev–Trinajstić information content (AvgIpc) is 2.57. The van der Waals surface area contributed by atoms with E-state index in [1.165, 1.54) is 6.07 Å². The predicted molar refractivity (Wildman–Crippen MR) is 106 cm³/mol. The molecule has 2 heterocycles. The lowest BCUT2D eigenvalue weighted by Gasteiger charge is -2.22. The lowest BCUT2D eigenvalue weighted by atomic mass is 10.1. The number of hydrogen-bond donors (Lipinski definition) is 1. The fourth-order valence-corrected chi connectivity index (χ4v) is 3.54. The van der Waals surface area contributed by atoms with E-state index < -0.39 is 5.97 Å². The molecule has 2 aromatic heterocycles. The Kier molecular flexibility index (Phi) is 4.97. The Morgan fingerprint density at radius 2 is 2.07 bits per heavy atom. The van der Waals surface area contributed by atoms with Crippen LogP contribution >= 0.6 is 11.6 Å². The normalized spacial score (nSPS) is 11.1. The number of aromatic nitrogens is 2. The zero-order valence-corrected chi connectivity index (χ0v) is 16.3. The number of anilines is 1. The van der Waals surface area contributed by atoms with E-state index in [4.69, 9.17) is 16.3 Å². The van der Waals surface area contributed by atoms with Crippen molar-refractivity contribution in [1.29, 1.82) is 0 Å². The molecular formula is C19H20ClN3O4. The summed E-state index contributed by atoms with van der Waals surface area (Å²) in [6.45, 7) is 3.58. The fraction of sp³-hybridized carbons (Fsp3) is 0.316. The number of fused-ring (bicyclic) bond motifs is 2. The van der Waals surface area contributed by atoms with Crippen molar-refractivity contribution in [3.63, 3.8) is 0 Å². The molecule has 0 unspecified atom stereocenters. The van der Waals surface area contributed by atoms with Gasteiger partial charge in [0.25, 0.3) is 0 Å². The maximum Gasteiger partial charge on any atom is 0.326 e. The minimum Gasteiger partial charge on any atom is -0.507 e. The van der Waals surface area contributed by atoms with Crippen molar-refractivity contribution in [2.24, 2.45) is 0 Å². The molecule has 3 rings (SSSR count). The number of nitrogens with zero attached hydrogens (tertiary/aromatic N) is 3. The molecule has 0 aliphatic carbocycles. The van der Waals surface area contributed by atoms with Crippen LogP contribution in [0.25, 0.3) is 21.9 Å². The van der Waals surface area contributed by atoms with Gasteiger partial charge >= 0.3 is 5.97 Å². The molecule has 0 amide bonds. The largest absolute Gasteiger partial charge is 0.507 e. The summed E-state index contributed by atoms with van der Waals surface area (Å²) in [6.07, 6.45) is 0. The third-order valence-corrected chi connectivity index (χ3v) is 4.55. The summed E-state index contributed by atoms with van der Waals surface area (Å²) in [5.74, 6) is -0.720. The summed E-state index contributed by atoms with van der Waals surface area (Å²) in [4.78, 5) is 31.5. The molecule has 8 heteroatoms. The van der Waals surface area contributed by atoms with Crippen molar-refractivity contribution in [3.05, 3.63) is 39.1 Å². The van der Waals surface area contributed by atoms with E-state index >= 15 is 0 Å². The van der Waals surface area contributed by atoms with Crippen molar-refractivity contribution in [2.75, 3.05) is 25.6 Å². The molecule has 0 radical (unpaired) electrons. The number of rotatable bonds is 4. The maximum absolute atomic E-state index is 13.1. The number of esters is 1. The second-order valence-electron chi connectivity index (χ2n) is 6.39. The van der Waals surface area contributed by atoms with E-state index in [-0.39, 0.29) is 34.7 Å². The van der Waals surface area contributed by atoms with E-state index in [0.717, 1.165) is 0 Å². The third kappa shape index (κ3) is 3.19. The molecule has 0 spiro atoms. The number of halogens is 1. The van der Waals surface area contributed by atoms with Gasteiger partial charge in [-0.05, 0) is 26.0 Å². The van der Waals surface area contributed by atoms with E-state index in [9.17, 15) is 14.7 Å². The van der Waals surface area contributed by atoms with Crippen LogP contribution in [0.2, 0.25) is 5.02 Å². The molecule has 0 aliphatic heterocycles. The van der Waals surface area contributed by atoms with Gasteiger partial charge in [0, 0.05) is 25.9 Å². The predicted octanol–water partition coefficient (Wildman–Crippen LogP) is 2.85. The first-order chi connectivity index (χ1) is 12.8. The van der Waals surface area contributed by atoms with E-state index in [2.05, 4.69) is 4.98 Å². The molecule has 27 heavy (non-hydrogen) atoms. The molecule has 0 saturated carbocycles. The van der Waals surface area contributed by atoms with Crippen LogP contribution in [0.5, 0.6) is 5.75 Å². The average molecular weight is 390 g/mol. The van der Waals surface area contributed by atoms with Gasteiger partial charge in [-0.1, -0.05) is 11.6 Å². The molecular weight excluding hydrogens is 370 g/mol. The second-order valence-corrected chi connectivity index (χ2v) is 6.80. The Morgan fingerprint density at radius 1 is 1.37 bits per heavy atom. The van der Waals surface area contributed by atoms with Crippen molar-refractivity contribution in [2.45, 2.75) is 20.4 Å². The zero-order chi connectivity index (χ0) is 19.9. The lowest BCUT2D eigenvalue weighted by molar-refractivity contribution is -0.143. The number of carbonyl (C=O) groups is 1. The van der Waals surface area contributed by atoms with Crippen LogP contribution in [-0.4, -0.2) is 41.3 Å². The van der Waals surface area contributed by atoms with E-state index in [0.29, 0.717) is 27.9 Å². The minimum absolute atomic E-state index is 0.0885. The molecule has 1 aromatic carbocycles. The summed E-state index contributed by atoms with van der Waals surface area (Å²) in [5.41, 5.74) is 1.51. The van der Waals surface area contributed by atoms with Gasteiger partial charge in [0.1, 0.15) is 17.9 Å². The first-order valence-corrected chi connectivity index (χ1v) is 8.82. The van der Waals surface area contributed by atoms with Gasteiger partial charge < -0.3 is 19.3 Å². The quantitative estimate of drug-likeness (QED) is 0.545. The van der Waals surface area contributed by atoms with Crippen molar-refractivity contribution >= 4 is 45.2 Å². The van der Waals surface area contributed by atoms with Gasteiger partial charge in [0.05, 0.1) is 33.6 Å². The summed E-state index contributed by atoms with van der Waals surface area (Å²) in [5, 5.41) is 11.1. The van der Waals surface area contributed by atoms with Crippen molar-refractivity contribution < 1.29 is 14.6 Å². The zero-order valence-electron chi connectivity index (χ0n) is 15.5. The smallest absolute Gasteiger partial charge is 0.326 e. The second kappa shape index (κ2) is 7.08. The summed E-state index contributed by atoms with van der Waals surface area (Å²) >= 11 is 6.35. The molecule has 142 valence electrons. The van der Waals surface area contributed by atoms with Gasteiger partial charge in [-0.15, -0.1) is 0 Å². The molecule has 0 fully saturated rings. The topological polar surface area (TPSA) is 84.7 Å².